The van der Waals surface area contributed by atoms with Crippen LogP contribution in [0.5, 0.6) is 5.75 Å². The predicted octanol–water partition coefficient (Wildman–Crippen LogP) is 3.47. The molecule has 1 aliphatic heterocycles. The number of rotatable bonds is 5. The van der Waals surface area contributed by atoms with E-state index >= 15 is 0 Å². The van der Waals surface area contributed by atoms with Crippen LogP contribution in [0.3, 0.4) is 0 Å². The van der Waals surface area contributed by atoms with Gasteiger partial charge in [-0.3, -0.25) is 0 Å². The van der Waals surface area contributed by atoms with Crippen LogP contribution in [0.1, 0.15) is 31.4 Å². The molecule has 1 aromatic heterocycles. The Hall–Kier alpha value is -2.50. The molecule has 0 atom stereocenters. The number of ether oxygens (including phenoxy) is 1. The lowest BCUT2D eigenvalue weighted by molar-refractivity contribution is 0.415. The Morgan fingerprint density at radius 1 is 0.963 bits per heavy atom. The number of nitrogens with zero attached hydrogens (tertiary/aromatic N) is 4. The molecule has 144 valence electrons. The molecule has 1 aromatic carbocycles. The van der Waals surface area contributed by atoms with E-state index in [4.69, 9.17) is 14.7 Å². The first-order valence-corrected chi connectivity index (χ1v) is 9.97. The summed E-state index contributed by atoms with van der Waals surface area (Å²) in [5.41, 5.74) is 2.27. The lowest BCUT2D eigenvalue weighted by atomic mass is 10.2. The molecule has 0 radical (unpaired) electrons. The summed E-state index contributed by atoms with van der Waals surface area (Å²) in [6.45, 7) is 5.85. The Morgan fingerprint density at radius 3 is 2.30 bits per heavy atom. The molecular formula is C21H29N5O. The van der Waals surface area contributed by atoms with Crippen molar-refractivity contribution in [1.29, 1.82) is 0 Å². The van der Waals surface area contributed by atoms with Crippen molar-refractivity contribution in [1.82, 2.24) is 9.97 Å². The molecule has 2 fully saturated rings. The Labute approximate surface area is 161 Å². The lowest BCUT2D eigenvalue weighted by Gasteiger charge is -2.36. The van der Waals surface area contributed by atoms with E-state index in [1.807, 2.05) is 12.1 Å². The summed E-state index contributed by atoms with van der Waals surface area (Å²) in [5.74, 6) is 2.72. The number of aryl methyl sites for hydroxylation is 1. The topological polar surface area (TPSA) is 53.5 Å². The fourth-order valence-corrected chi connectivity index (χ4v) is 4.01. The van der Waals surface area contributed by atoms with Gasteiger partial charge in [-0.2, -0.15) is 4.98 Å². The minimum Gasteiger partial charge on any atom is -0.497 e. The highest BCUT2D eigenvalue weighted by molar-refractivity contribution is 5.51. The smallest absolute Gasteiger partial charge is 0.227 e. The van der Waals surface area contributed by atoms with E-state index in [0.29, 0.717) is 6.04 Å². The van der Waals surface area contributed by atoms with Crippen molar-refractivity contribution in [2.75, 3.05) is 48.4 Å². The molecule has 6 nitrogen and oxygen atoms in total. The van der Waals surface area contributed by atoms with Crippen LogP contribution in [0.25, 0.3) is 0 Å². The largest absolute Gasteiger partial charge is 0.497 e. The Morgan fingerprint density at radius 2 is 1.63 bits per heavy atom. The molecule has 0 spiro atoms. The molecule has 1 aliphatic carbocycles. The van der Waals surface area contributed by atoms with Crippen LogP contribution in [0.15, 0.2) is 30.3 Å². The molecule has 0 unspecified atom stereocenters. The maximum absolute atomic E-state index is 5.25. The molecule has 1 N–H and O–H groups in total. The highest BCUT2D eigenvalue weighted by Gasteiger charge is 2.21. The van der Waals surface area contributed by atoms with Crippen molar-refractivity contribution in [3.8, 4) is 5.75 Å². The third kappa shape index (κ3) is 4.26. The van der Waals surface area contributed by atoms with Gasteiger partial charge >= 0.3 is 0 Å². The van der Waals surface area contributed by atoms with Crippen LogP contribution in [-0.4, -0.2) is 49.3 Å². The first kappa shape index (κ1) is 17.9. The molecule has 1 saturated carbocycles. The van der Waals surface area contributed by atoms with Gasteiger partial charge in [-0.05, 0) is 44.0 Å². The number of anilines is 3. The van der Waals surface area contributed by atoms with Crippen molar-refractivity contribution in [2.45, 2.75) is 38.6 Å². The van der Waals surface area contributed by atoms with E-state index in [1.54, 1.807) is 7.11 Å². The molecule has 4 rings (SSSR count). The van der Waals surface area contributed by atoms with Gasteiger partial charge in [0.15, 0.2) is 0 Å². The van der Waals surface area contributed by atoms with Crippen molar-refractivity contribution in [3.63, 3.8) is 0 Å². The number of hydrogen-bond acceptors (Lipinski definition) is 6. The van der Waals surface area contributed by atoms with Gasteiger partial charge in [0.25, 0.3) is 0 Å². The van der Waals surface area contributed by atoms with Gasteiger partial charge in [0.1, 0.15) is 11.6 Å². The summed E-state index contributed by atoms with van der Waals surface area (Å²) in [6.07, 6.45) is 5.14. The second-order valence-electron chi connectivity index (χ2n) is 7.49. The third-order valence-electron chi connectivity index (χ3n) is 5.55. The average molecular weight is 367 g/mol. The zero-order valence-corrected chi connectivity index (χ0v) is 16.3. The van der Waals surface area contributed by atoms with Gasteiger partial charge < -0.3 is 19.9 Å². The van der Waals surface area contributed by atoms with Crippen LogP contribution in [0.2, 0.25) is 0 Å². The first-order chi connectivity index (χ1) is 13.2. The minimum absolute atomic E-state index is 0.569. The number of benzene rings is 1. The van der Waals surface area contributed by atoms with E-state index in [1.165, 1.54) is 31.4 Å². The Kier molecular flexibility index (Phi) is 5.32. The van der Waals surface area contributed by atoms with Gasteiger partial charge in [-0.25, -0.2) is 4.98 Å². The molecule has 27 heavy (non-hydrogen) atoms. The van der Waals surface area contributed by atoms with Crippen molar-refractivity contribution < 1.29 is 4.74 Å². The quantitative estimate of drug-likeness (QED) is 0.873. The lowest BCUT2D eigenvalue weighted by Crippen LogP contribution is -2.47. The van der Waals surface area contributed by atoms with E-state index in [2.05, 4.69) is 40.2 Å². The summed E-state index contributed by atoms with van der Waals surface area (Å²) >= 11 is 0. The molecule has 2 heterocycles. The highest BCUT2D eigenvalue weighted by atomic mass is 16.5. The summed E-state index contributed by atoms with van der Waals surface area (Å²) in [4.78, 5) is 14.2. The highest BCUT2D eigenvalue weighted by Crippen LogP contribution is 2.24. The summed E-state index contributed by atoms with van der Waals surface area (Å²) < 4.78 is 5.25. The van der Waals surface area contributed by atoms with Crippen LogP contribution < -0.4 is 19.9 Å². The van der Waals surface area contributed by atoms with Crippen molar-refractivity contribution >= 4 is 17.5 Å². The van der Waals surface area contributed by atoms with Gasteiger partial charge in [0.05, 0.1) is 7.11 Å². The second-order valence-corrected chi connectivity index (χ2v) is 7.49. The van der Waals surface area contributed by atoms with Gasteiger partial charge in [-0.15, -0.1) is 0 Å². The number of hydrogen-bond donors (Lipinski definition) is 1. The van der Waals surface area contributed by atoms with Crippen molar-refractivity contribution in [2.24, 2.45) is 0 Å². The normalized spacial score (nSPS) is 18.0. The molecule has 0 amide bonds. The molecule has 0 bridgehead atoms. The SMILES string of the molecule is COc1ccc(N2CCN(c3nc(C)cc(NC4CCCC4)n3)CC2)cc1. The number of piperazine rings is 1. The summed E-state index contributed by atoms with van der Waals surface area (Å²) in [5, 5.41) is 3.61. The predicted molar refractivity (Wildman–Crippen MR) is 110 cm³/mol. The monoisotopic (exact) mass is 367 g/mol. The van der Waals surface area contributed by atoms with E-state index in [0.717, 1.165) is 49.4 Å². The standard InChI is InChI=1S/C21H29N5O/c1-16-15-20(23-17-5-3-4-6-17)24-21(22-16)26-13-11-25(12-14-26)18-7-9-19(27-2)10-8-18/h7-10,15,17H,3-6,11-14H2,1-2H3,(H,22,23,24). The minimum atomic E-state index is 0.569. The van der Waals surface area contributed by atoms with Crippen LogP contribution in [0, 0.1) is 6.92 Å². The van der Waals surface area contributed by atoms with E-state index in [-0.39, 0.29) is 0 Å². The number of aromatic nitrogens is 2. The Balaban J connectivity index is 1.40. The molecule has 2 aliphatic rings. The van der Waals surface area contributed by atoms with Gasteiger partial charge in [0, 0.05) is 49.7 Å². The summed E-state index contributed by atoms with van der Waals surface area (Å²) in [6, 6.07) is 10.9. The Bertz CT molecular complexity index is 750. The maximum Gasteiger partial charge on any atom is 0.227 e. The zero-order chi connectivity index (χ0) is 18.6. The van der Waals surface area contributed by atoms with Gasteiger partial charge in [-0.1, -0.05) is 12.8 Å². The third-order valence-corrected chi connectivity index (χ3v) is 5.55. The molecule has 1 saturated heterocycles. The second kappa shape index (κ2) is 8.03. The fourth-order valence-electron chi connectivity index (χ4n) is 4.01. The number of methoxy groups -OCH3 is 1. The number of nitrogens with one attached hydrogen (secondary N) is 1. The average Bonchev–Trinajstić information content (AvgIpc) is 3.21. The van der Waals surface area contributed by atoms with Gasteiger partial charge in [0.2, 0.25) is 5.95 Å². The fraction of sp³-hybridized carbons (Fsp3) is 0.524. The zero-order valence-electron chi connectivity index (χ0n) is 16.3. The van der Waals surface area contributed by atoms with Crippen molar-refractivity contribution in [3.05, 3.63) is 36.0 Å². The van der Waals surface area contributed by atoms with E-state index < -0.39 is 0 Å². The summed E-state index contributed by atoms with van der Waals surface area (Å²) in [7, 11) is 1.70. The maximum atomic E-state index is 5.25. The molecule has 2 aromatic rings. The van der Waals surface area contributed by atoms with Crippen LogP contribution in [0.4, 0.5) is 17.5 Å². The molecule has 6 heteroatoms. The van der Waals surface area contributed by atoms with E-state index in [9.17, 15) is 0 Å². The van der Waals surface area contributed by atoms with Crippen LogP contribution in [-0.2, 0) is 0 Å². The van der Waals surface area contributed by atoms with Crippen LogP contribution >= 0.6 is 0 Å². The molecular weight excluding hydrogens is 338 g/mol. The first-order valence-electron chi connectivity index (χ1n) is 9.97.